The molecule has 4 rings (SSSR count). The number of hydrogen-bond acceptors (Lipinski definition) is 2. The molecule has 4 aromatic rings. The molecule has 0 saturated heterocycles. The Morgan fingerprint density at radius 1 is 0.773 bits per heavy atom. The Hall–Kier alpha value is -1.77. The maximum Gasteiger partial charge on any atom is 0.0361 e. The summed E-state index contributed by atoms with van der Waals surface area (Å²) in [6.07, 6.45) is 2.16. The number of thioether (sulfide) groups is 1. The van der Waals surface area contributed by atoms with E-state index in [4.69, 9.17) is 0 Å². The third kappa shape index (κ3) is 2.06. The van der Waals surface area contributed by atoms with Gasteiger partial charge in [-0.2, -0.15) is 0 Å². The van der Waals surface area contributed by atoms with Crippen LogP contribution in [0.25, 0.3) is 31.3 Å². The zero-order valence-corrected chi connectivity index (χ0v) is 14.2. The first kappa shape index (κ1) is 13.9. The van der Waals surface area contributed by atoms with Crippen molar-refractivity contribution in [2.45, 2.75) is 11.8 Å². The monoisotopic (exact) mass is 320 g/mol. The fourth-order valence-corrected chi connectivity index (χ4v) is 5.05. The number of aryl methyl sites for hydroxylation is 1. The Morgan fingerprint density at radius 3 is 2.36 bits per heavy atom. The van der Waals surface area contributed by atoms with E-state index in [1.807, 2.05) is 23.1 Å². The molecule has 108 valence electrons. The average molecular weight is 320 g/mol. The molecule has 0 spiro atoms. The predicted octanol–water partition coefficient (Wildman–Crippen LogP) is 6.75. The molecule has 22 heavy (non-hydrogen) atoms. The minimum absolute atomic E-state index is 1.35. The number of rotatable bonds is 2. The second kappa shape index (κ2) is 5.45. The second-order valence-electron chi connectivity index (χ2n) is 5.43. The summed E-state index contributed by atoms with van der Waals surface area (Å²) in [4.78, 5) is 1.38. The van der Waals surface area contributed by atoms with E-state index in [-0.39, 0.29) is 0 Å². The summed E-state index contributed by atoms with van der Waals surface area (Å²) >= 11 is 3.72. The van der Waals surface area contributed by atoms with Crippen molar-refractivity contribution in [1.82, 2.24) is 0 Å². The summed E-state index contributed by atoms with van der Waals surface area (Å²) in [5.74, 6) is 0. The van der Waals surface area contributed by atoms with Crippen LogP contribution in [0.4, 0.5) is 0 Å². The minimum atomic E-state index is 1.35. The summed E-state index contributed by atoms with van der Waals surface area (Å²) in [6.45, 7) is 2.20. The third-order valence-electron chi connectivity index (χ3n) is 4.11. The van der Waals surface area contributed by atoms with Crippen molar-refractivity contribution in [2.75, 3.05) is 6.26 Å². The molecule has 1 aromatic heterocycles. The fraction of sp³-hybridized carbons (Fsp3) is 0.100. The molecule has 0 aliphatic heterocycles. The van der Waals surface area contributed by atoms with E-state index < -0.39 is 0 Å². The molecular formula is C20H16S2. The molecule has 0 nitrogen and oxygen atoms in total. The van der Waals surface area contributed by atoms with Gasteiger partial charge in [-0.1, -0.05) is 48.5 Å². The van der Waals surface area contributed by atoms with Crippen LogP contribution in [0.15, 0.2) is 65.6 Å². The lowest BCUT2D eigenvalue weighted by Crippen LogP contribution is -1.86. The molecule has 0 aliphatic carbocycles. The van der Waals surface area contributed by atoms with Crippen LogP contribution in [-0.2, 0) is 0 Å². The molecule has 2 heteroatoms. The second-order valence-corrected chi connectivity index (χ2v) is 7.33. The molecule has 0 radical (unpaired) electrons. The SMILES string of the molecule is CSc1c(C)cccc1-c1cccc2sc3ccccc3c12. The summed E-state index contributed by atoms with van der Waals surface area (Å²) in [7, 11) is 0. The Kier molecular flexibility index (Phi) is 3.44. The Labute approximate surface area is 138 Å². The van der Waals surface area contributed by atoms with Crippen LogP contribution in [0.1, 0.15) is 5.56 Å². The largest absolute Gasteiger partial charge is 0.135 e. The minimum Gasteiger partial charge on any atom is -0.135 e. The molecule has 0 fully saturated rings. The quantitative estimate of drug-likeness (QED) is 0.368. The molecular weight excluding hydrogens is 304 g/mol. The molecule has 0 amide bonds. The lowest BCUT2D eigenvalue weighted by Gasteiger charge is -2.12. The van der Waals surface area contributed by atoms with Crippen LogP contribution in [-0.4, -0.2) is 6.26 Å². The van der Waals surface area contributed by atoms with Crippen molar-refractivity contribution in [2.24, 2.45) is 0 Å². The zero-order chi connectivity index (χ0) is 15.1. The van der Waals surface area contributed by atoms with Gasteiger partial charge in [-0.05, 0) is 42.0 Å². The smallest absolute Gasteiger partial charge is 0.0361 e. The summed E-state index contributed by atoms with van der Waals surface area (Å²) < 4.78 is 2.73. The van der Waals surface area contributed by atoms with Crippen LogP contribution in [0.2, 0.25) is 0 Å². The molecule has 0 atom stereocenters. The van der Waals surface area contributed by atoms with E-state index >= 15 is 0 Å². The van der Waals surface area contributed by atoms with Gasteiger partial charge in [-0.25, -0.2) is 0 Å². The lowest BCUT2D eigenvalue weighted by atomic mass is 9.98. The Morgan fingerprint density at radius 2 is 1.50 bits per heavy atom. The first-order valence-corrected chi connectivity index (χ1v) is 9.38. The summed E-state index contributed by atoms with van der Waals surface area (Å²) in [5.41, 5.74) is 4.05. The Balaban J connectivity index is 2.14. The van der Waals surface area contributed by atoms with Crippen LogP contribution >= 0.6 is 23.1 Å². The molecule has 1 heterocycles. The van der Waals surface area contributed by atoms with Gasteiger partial charge in [0.1, 0.15) is 0 Å². The van der Waals surface area contributed by atoms with Crippen molar-refractivity contribution in [3.63, 3.8) is 0 Å². The average Bonchev–Trinajstić information content (AvgIpc) is 2.93. The summed E-state index contributed by atoms with van der Waals surface area (Å²) in [6, 6.07) is 22.0. The van der Waals surface area contributed by atoms with Gasteiger partial charge < -0.3 is 0 Å². The molecule has 0 saturated carbocycles. The van der Waals surface area contributed by atoms with Gasteiger partial charge in [-0.3, -0.25) is 0 Å². The van der Waals surface area contributed by atoms with Gasteiger partial charge in [0.05, 0.1) is 0 Å². The van der Waals surface area contributed by atoms with E-state index in [0.717, 1.165) is 0 Å². The van der Waals surface area contributed by atoms with E-state index in [2.05, 4.69) is 73.8 Å². The first-order valence-electron chi connectivity index (χ1n) is 7.34. The van der Waals surface area contributed by atoms with E-state index in [9.17, 15) is 0 Å². The van der Waals surface area contributed by atoms with E-state index in [1.54, 1.807) is 0 Å². The lowest BCUT2D eigenvalue weighted by molar-refractivity contribution is 1.31. The van der Waals surface area contributed by atoms with E-state index in [1.165, 1.54) is 41.8 Å². The highest BCUT2D eigenvalue weighted by molar-refractivity contribution is 7.98. The number of benzene rings is 3. The number of thiophene rings is 1. The molecule has 0 unspecified atom stereocenters. The van der Waals surface area contributed by atoms with Crippen molar-refractivity contribution in [3.8, 4) is 11.1 Å². The zero-order valence-electron chi connectivity index (χ0n) is 12.6. The first-order chi connectivity index (χ1) is 10.8. The maximum absolute atomic E-state index is 2.26. The van der Waals surface area contributed by atoms with E-state index in [0.29, 0.717) is 0 Å². The van der Waals surface area contributed by atoms with Gasteiger partial charge in [0, 0.05) is 25.1 Å². The van der Waals surface area contributed by atoms with Gasteiger partial charge in [-0.15, -0.1) is 23.1 Å². The highest BCUT2D eigenvalue weighted by Gasteiger charge is 2.13. The fourth-order valence-electron chi connectivity index (χ4n) is 3.13. The standard InChI is InChI=1S/C20H16S2/c1-13-7-5-10-15(20(13)21-2)14-9-6-12-18-19(14)16-8-3-4-11-17(16)22-18/h3-12H,1-2H3. The maximum atomic E-state index is 2.26. The van der Waals surface area contributed by atoms with Crippen LogP contribution < -0.4 is 0 Å². The highest BCUT2D eigenvalue weighted by atomic mass is 32.2. The number of fused-ring (bicyclic) bond motifs is 3. The third-order valence-corrected chi connectivity index (χ3v) is 6.19. The van der Waals surface area contributed by atoms with Crippen molar-refractivity contribution >= 4 is 43.3 Å². The highest BCUT2D eigenvalue weighted by Crippen LogP contribution is 2.42. The van der Waals surface area contributed by atoms with Gasteiger partial charge >= 0.3 is 0 Å². The summed E-state index contributed by atoms with van der Waals surface area (Å²) in [5, 5.41) is 2.76. The molecule has 3 aromatic carbocycles. The van der Waals surface area contributed by atoms with Crippen molar-refractivity contribution < 1.29 is 0 Å². The molecule has 0 N–H and O–H groups in total. The van der Waals surface area contributed by atoms with Crippen molar-refractivity contribution in [3.05, 3.63) is 66.2 Å². The van der Waals surface area contributed by atoms with Gasteiger partial charge in [0.2, 0.25) is 0 Å². The van der Waals surface area contributed by atoms with Crippen LogP contribution in [0.5, 0.6) is 0 Å². The van der Waals surface area contributed by atoms with Crippen LogP contribution in [0, 0.1) is 6.92 Å². The number of hydrogen-bond donors (Lipinski definition) is 0. The molecule has 0 bridgehead atoms. The predicted molar refractivity (Wildman–Crippen MR) is 101 cm³/mol. The Bertz CT molecular complexity index is 980. The topological polar surface area (TPSA) is 0 Å². The van der Waals surface area contributed by atoms with Crippen LogP contribution in [0.3, 0.4) is 0 Å². The van der Waals surface area contributed by atoms with Gasteiger partial charge in [0.15, 0.2) is 0 Å². The molecule has 0 aliphatic rings. The van der Waals surface area contributed by atoms with Crippen molar-refractivity contribution in [1.29, 1.82) is 0 Å². The normalized spacial score (nSPS) is 11.4. The van der Waals surface area contributed by atoms with Gasteiger partial charge in [0.25, 0.3) is 0 Å².